The summed E-state index contributed by atoms with van der Waals surface area (Å²) >= 11 is 0. The molecule has 0 spiro atoms. The summed E-state index contributed by atoms with van der Waals surface area (Å²) in [6.07, 6.45) is 12.9. The van der Waals surface area contributed by atoms with Gasteiger partial charge in [-0.2, -0.15) is 0 Å². The average Bonchev–Trinajstić information content (AvgIpc) is 3.53. The van der Waals surface area contributed by atoms with E-state index in [-0.39, 0.29) is 6.17 Å². The summed E-state index contributed by atoms with van der Waals surface area (Å²) in [5, 5.41) is 7.02. The topological polar surface area (TPSA) is 62.5 Å². The van der Waals surface area contributed by atoms with Gasteiger partial charge in [0.1, 0.15) is 12.0 Å². The van der Waals surface area contributed by atoms with E-state index < -0.39 is 0 Å². The highest BCUT2D eigenvalue weighted by molar-refractivity contribution is 5.62. The van der Waals surface area contributed by atoms with Crippen LogP contribution in [0.5, 0.6) is 0 Å². The maximum atomic E-state index is 4.44. The Balaban J connectivity index is 1.46. The molecule has 0 saturated carbocycles. The van der Waals surface area contributed by atoms with E-state index in [9.17, 15) is 0 Å². The third kappa shape index (κ3) is 8.75. The number of unbranched alkanes of at least 4 members (excludes halogenated alkanes) is 1. The molecule has 0 bridgehead atoms. The zero-order valence-corrected chi connectivity index (χ0v) is 22.0. The number of benzene rings is 1. The van der Waals surface area contributed by atoms with E-state index in [2.05, 4.69) is 93.2 Å². The Morgan fingerprint density at radius 1 is 1.11 bits per heavy atom. The van der Waals surface area contributed by atoms with E-state index in [0.717, 1.165) is 36.7 Å². The number of hydrogen-bond donors (Lipinski definition) is 3. The van der Waals surface area contributed by atoms with Crippen LogP contribution < -0.4 is 10.6 Å². The highest BCUT2D eigenvalue weighted by Gasteiger charge is 2.21. The Morgan fingerprint density at radius 2 is 1.89 bits per heavy atom. The van der Waals surface area contributed by atoms with Crippen LogP contribution >= 0.6 is 0 Å². The molecule has 192 valence electrons. The summed E-state index contributed by atoms with van der Waals surface area (Å²) < 4.78 is 0. The number of rotatable bonds is 17. The normalized spacial score (nSPS) is 15.1. The Kier molecular flexibility index (Phi) is 11.2. The molecule has 7 heteroatoms. The molecule has 2 aromatic rings. The minimum Gasteiger partial charge on any atom is -0.369 e. The van der Waals surface area contributed by atoms with Gasteiger partial charge in [-0.3, -0.25) is 0 Å². The molecule has 0 fully saturated rings. The summed E-state index contributed by atoms with van der Waals surface area (Å²) in [6.45, 7) is 16.1. The summed E-state index contributed by atoms with van der Waals surface area (Å²) in [7, 11) is 2.09. The molecule has 1 atom stereocenters. The predicted octanol–water partition coefficient (Wildman–Crippen LogP) is 4.21. The van der Waals surface area contributed by atoms with Gasteiger partial charge in [-0.05, 0) is 63.0 Å². The summed E-state index contributed by atoms with van der Waals surface area (Å²) in [5.74, 6) is 0.938. The van der Waals surface area contributed by atoms with E-state index in [4.69, 9.17) is 0 Å². The zero-order chi connectivity index (χ0) is 24.9. The van der Waals surface area contributed by atoms with Crippen LogP contribution in [0.25, 0.3) is 5.70 Å². The fourth-order valence-corrected chi connectivity index (χ4v) is 4.50. The number of nitrogens with zero attached hydrogens (tertiary/aromatic N) is 4. The van der Waals surface area contributed by atoms with Crippen molar-refractivity contribution in [2.75, 3.05) is 39.8 Å². The predicted molar refractivity (Wildman–Crippen MR) is 146 cm³/mol. The first kappa shape index (κ1) is 26.8. The van der Waals surface area contributed by atoms with Crippen molar-refractivity contribution < 1.29 is 0 Å². The van der Waals surface area contributed by atoms with Crippen molar-refractivity contribution >= 4 is 5.70 Å². The first-order valence-corrected chi connectivity index (χ1v) is 13.2. The van der Waals surface area contributed by atoms with E-state index in [1.54, 1.807) is 6.20 Å². The van der Waals surface area contributed by atoms with Crippen LogP contribution in [0.3, 0.4) is 0 Å². The van der Waals surface area contributed by atoms with Crippen molar-refractivity contribution in [2.45, 2.75) is 58.8 Å². The third-order valence-electron chi connectivity index (χ3n) is 6.53. The van der Waals surface area contributed by atoms with E-state index in [1.807, 2.05) is 12.4 Å². The number of likely N-dealkylation sites (N-methyl/N-ethyl adjacent to an activating group) is 1. The lowest BCUT2D eigenvalue weighted by atomic mass is 10.1. The molecule has 1 aromatic heterocycles. The van der Waals surface area contributed by atoms with Crippen LogP contribution in [0.4, 0.5) is 0 Å². The maximum absolute atomic E-state index is 4.44. The van der Waals surface area contributed by atoms with Gasteiger partial charge < -0.3 is 30.3 Å². The molecule has 0 radical (unpaired) electrons. The summed E-state index contributed by atoms with van der Waals surface area (Å²) in [6, 6.07) is 8.80. The molecule has 0 saturated heterocycles. The molecule has 3 N–H and O–H groups in total. The van der Waals surface area contributed by atoms with E-state index >= 15 is 0 Å². The second-order valence-electron chi connectivity index (χ2n) is 9.45. The van der Waals surface area contributed by atoms with Crippen LogP contribution in [-0.4, -0.2) is 70.6 Å². The number of nitrogens with one attached hydrogen (secondary N) is 3. The molecule has 35 heavy (non-hydrogen) atoms. The van der Waals surface area contributed by atoms with Gasteiger partial charge in [-0.25, -0.2) is 4.98 Å². The standard InChI is InChI=1S/C28H45N7/c1-5-17-34(18-6-2)19-8-7-13-29-21-25-9-11-26(12-10-25)24(3)35(22-27-30-14-15-31-27)23-28-32-16-20-33(28)4/h9-12,14-16,20,28-29,32H,3,5-8,13,17-19,21-23H2,1-2,4H3,(H,30,31). The van der Waals surface area contributed by atoms with Crippen molar-refractivity contribution in [3.8, 4) is 0 Å². The summed E-state index contributed by atoms with van der Waals surface area (Å²) in [4.78, 5) is 14.7. The molecule has 2 heterocycles. The van der Waals surface area contributed by atoms with Gasteiger partial charge in [-0.1, -0.05) is 44.7 Å². The number of aromatic nitrogens is 2. The molecule has 7 nitrogen and oxygen atoms in total. The Hall–Kier alpha value is -2.77. The molecule has 3 rings (SSSR count). The van der Waals surface area contributed by atoms with Gasteiger partial charge in [-0.15, -0.1) is 0 Å². The van der Waals surface area contributed by atoms with Crippen molar-refractivity contribution in [3.63, 3.8) is 0 Å². The zero-order valence-electron chi connectivity index (χ0n) is 22.0. The molecule has 1 unspecified atom stereocenters. The average molecular weight is 480 g/mol. The summed E-state index contributed by atoms with van der Waals surface area (Å²) in [5.41, 5.74) is 3.45. The second-order valence-corrected chi connectivity index (χ2v) is 9.45. The quantitative estimate of drug-likeness (QED) is 0.296. The minimum absolute atomic E-state index is 0.209. The molecule has 0 amide bonds. The lowest BCUT2D eigenvalue weighted by Gasteiger charge is -2.32. The van der Waals surface area contributed by atoms with Crippen molar-refractivity contribution in [1.82, 2.24) is 35.3 Å². The van der Waals surface area contributed by atoms with Crippen molar-refractivity contribution in [2.24, 2.45) is 0 Å². The number of H-pyrrole nitrogens is 1. The minimum atomic E-state index is 0.209. The number of aromatic amines is 1. The number of imidazole rings is 1. The molecule has 0 aliphatic carbocycles. The first-order valence-electron chi connectivity index (χ1n) is 13.2. The van der Waals surface area contributed by atoms with Gasteiger partial charge >= 0.3 is 0 Å². The van der Waals surface area contributed by atoms with E-state index in [0.29, 0.717) is 6.54 Å². The second kappa shape index (κ2) is 14.6. The van der Waals surface area contributed by atoms with Crippen molar-refractivity contribution in [3.05, 3.63) is 72.6 Å². The Bertz CT molecular complexity index is 869. The fourth-order valence-electron chi connectivity index (χ4n) is 4.50. The van der Waals surface area contributed by atoms with Gasteiger partial charge in [0.2, 0.25) is 0 Å². The highest BCUT2D eigenvalue weighted by Crippen LogP contribution is 2.21. The highest BCUT2D eigenvalue weighted by atomic mass is 15.3. The monoisotopic (exact) mass is 479 g/mol. The largest absolute Gasteiger partial charge is 0.369 e. The number of hydrogen-bond acceptors (Lipinski definition) is 6. The lowest BCUT2D eigenvalue weighted by Crippen LogP contribution is -2.43. The van der Waals surface area contributed by atoms with Gasteiger partial charge in [0.25, 0.3) is 0 Å². The molecule has 1 aliphatic heterocycles. The van der Waals surface area contributed by atoms with E-state index in [1.165, 1.54) is 50.9 Å². The fraction of sp³-hybridized carbons (Fsp3) is 0.536. The lowest BCUT2D eigenvalue weighted by molar-refractivity contribution is 0.244. The Labute approximate surface area is 212 Å². The van der Waals surface area contributed by atoms with Crippen LogP contribution in [0.2, 0.25) is 0 Å². The molecule has 1 aliphatic rings. The van der Waals surface area contributed by atoms with Gasteiger partial charge in [0, 0.05) is 44.1 Å². The van der Waals surface area contributed by atoms with Crippen molar-refractivity contribution in [1.29, 1.82) is 0 Å². The molecule has 1 aromatic carbocycles. The van der Waals surface area contributed by atoms with Crippen LogP contribution in [-0.2, 0) is 13.1 Å². The first-order chi connectivity index (χ1) is 17.1. The van der Waals surface area contributed by atoms with Gasteiger partial charge in [0.15, 0.2) is 0 Å². The van der Waals surface area contributed by atoms with Crippen LogP contribution in [0.15, 0.2) is 55.6 Å². The van der Waals surface area contributed by atoms with Gasteiger partial charge in [0.05, 0.1) is 13.1 Å². The Morgan fingerprint density at radius 3 is 2.51 bits per heavy atom. The van der Waals surface area contributed by atoms with Crippen LogP contribution in [0, 0.1) is 0 Å². The SMILES string of the molecule is C=C(c1ccc(CNCCCCN(CCC)CCC)cc1)N(Cc1ncc[nH]1)CC1NC=CN1C. The maximum Gasteiger partial charge on any atom is 0.125 e. The molecular weight excluding hydrogens is 434 g/mol. The van der Waals surface area contributed by atoms with Crippen LogP contribution in [0.1, 0.15) is 56.5 Å². The third-order valence-corrected chi connectivity index (χ3v) is 6.53. The molecular formula is C28H45N7. The smallest absolute Gasteiger partial charge is 0.125 e.